The van der Waals surface area contributed by atoms with E-state index >= 15 is 0 Å². The molecule has 3 rings (SSSR count). The largest absolute Gasteiger partial charge is 0.338 e. The molecule has 0 spiro atoms. The average molecular weight is 376 g/mol. The molecule has 1 N–H and O–H groups in total. The SMILES string of the molecule is CN1CCN(c2ncc(C(=O)Nc3ccc(Br)cc3)cn2)CC1. The van der Waals surface area contributed by atoms with Gasteiger partial charge in [-0.1, -0.05) is 15.9 Å². The predicted octanol–water partition coefficient (Wildman–Crippen LogP) is 2.24. The predicted molar refractivity (Wildman–Crippen MR) is 93.8 cm³/mol. The molecular formula is C16H18BrN5O. The second kappa shape index (κ2) is 7.06. The monoisotopic (exact) mass is 375 g/mol. The van der Waals surface area contributed by atoms with Gasteiger partial charge >= 0.3 is 0 Å². The number of benzene rings is 1. The lowest BCUT2D eigenvalue weighted by Gasteiger charge is -2.32. The van der Waals surface area contributed by atoms with Crippen LogP contribution in [0.3, 0.4) is 0 Å². The van der Waals surface area contributed by atoms with Crippen molar-refractivity contribution in [2.75, 3.05) is 43.4 Å². The molecule has 0 aliphatic carbocycles. The van der Waals surface area contributed by atoms with E-state index in [1.165, 1.54) is 0 Å². The smallest absolute Gasteiger partial charge is 0.258 e. The molecular weight excluding hydrogens is 358 g/mol. The van der Waals surface area contributed by atoms with Crippen molar-refractivity contribution in [3.63, 3.8) is 0 Å². The first kappa shape index (κ1) is 15.9. The first-order valence-electron chi connectivity index (χ1n) is 7.44. The Morgan fingerprint density at radius 2 is 1.70 bits per heavy atom. The second-order valence-electron chi connectivity index (χ2n) is 5.52. The summed E-state index contributed by atoms with van der Waals surface area (Å²) in [5.41, 5.74) is 1.19. The van der Waals surface area contributed by atoms with Crippen molar-refractivity contribution in [2.45, 2.75) is 0 Å². The molecule has 0 unspecified atom stereocenters. The molecule has 1 aliphatic rings. The Kier molecular flexibility index (Phi) is 4.88. The number of carbonyl (C=O) groups is 1. The topological polar surface area (TPSA) is 61.4 Å². The molecule has 1 aromatic carbocycles. The van der Waals surface area contributed by atoms with Crippen LogP contribution in [0.25, 0.3) is 0 Å². The summed E-state index contributed by atoms with van der Waals surface area (Å²) in [6.07, 6.45) is 3.16. The number of amides is 1. The minimum atomic E-state index is -0.211. The number of hydrogen-bond acceptors (Lipinski definition) is 5. The molecule has 2 aromatic rings. The van der Waals surface area contributed by atoms with E-state index < -0.39 is 0 Å². The summed E-state index contributed by atoms with van der Waals surface area (Å²) < 4.78 is 0.968. The van der Waals surface area contributed by atoms with Gasteiger partial charge in [0.05, 0.1) is 5.56 Å². The lowest BCUT2D eigenvalue weighted by atomic mass is 10.3. The van der Waals surface area contributed by atoms with Crippen LogP contribution in [0.1, 0.15) is 10.4 Å². The van der Waals surface area contributed by atoms with Gasteiger partial charge in [-0.25, -0.2) is 9.97 Å². The zero-order chi connectivity index (χ0) is 16.2. The Balaban J connectivity index is 1.64. The Bertz CT molecular complexity index is 666. The first-order valence-corrected chi connectivity index (χ1v) is 8.23. The summed E-state index contributed by atoms with van der Waals surface area (Å²) in [5, 5.41) is 2.83. The van der Waals surface area contributed by atoms with Crippen LogP contribution in [0.15, 0.2) is 41.1 Å². The summed E-state index contributed by atoms with van der Waals surface area (Å²) in [7, 11) is 2.10. The Morgan fingerprint density at radius 3 is 2.30 bits per heavy atom. The van der Waals surface area contributed by atoms with Crippen LogP contribution >= 0.6 is 15.9 Å². The maximum absolute atomic E-state index is 12.2. The number of anilines is 2. The first-order chi connectivity index (χ1) is 11.1. The Hall–Kier alpha value is -1.99. The zero-order valence-electron chi connectivity index (χ0n) is 12.9. The van der Waals surface area contributed by atoms with E-state index in [1.807, 2.05) is 24.3 Å². The molecule has 7 heteroatoms. The highest BCUT2D eigenvalue weighted by molar-refractivity contribution is 9.10. The average Bonchev–Trinajstić information content (AvgIpc) is 2.58. The van der Waals surface area contributed by atoms with Gasteiger partial charge in [-0.2, -0.15) is 0 Å². The van der Waals surface area contributed by atoms with Crippen molar-refractivity contribution in [3.05, 3.63) is 46.7 Å². The molecule has 0 radical (unpaired) electrons. The third-order valence-corrected chi connectivity index (χ3v) is 4.32. The normalized spacial score (nSPS) is 15.5. The molecule has 23 heavy (non-hydrogen) atoms. The van der Waals surface area contributed by atoms with E-state index in [9.17, 15) is 4.79 Å². The Labute approximate surface area is 143 Å². The van der Waals surface area contributed by atoms with E-state index in [-0.39, 0.29) is 5.91 Å². The summed E-state index contributed by atoms with van der Waals surface area (Å²) in [5.74, 6) is 0.468. The van der Waals surface area contributed by atoms with Crippen LogP contribution in [0.5, 0.6) is 0 Å². The lowest BCUT2D eigenvalue weighted by molar-refractivity contribution is 0.102. The fourth-order valence-electron chi connectivity index (χ4n) is 2.34. The van der Waals surface area contributed by atoms with Crippen molar-refractivity contribution < 1.29 is 4.79 Å². The van der Waals surface area contributed by atoms with Crippen LogP contribution in [-0.4, -0.2) is 54.0 Å². The second-order valence-corrected chi connectivity index (χ2v) is 6.44. The highest BCUT2D eigenvalue weighted by Crippen LogP contribution is 2.15. The van der Waals surface area contributed by atoms with Gasteiger partial charge in [-0.15, -0.1) is 0 Å². The van der Waals surface area contributed by atoms with Crippen molar-refractivity contribution in [1.29, 1.82) is 0 Å². The maximum atomic E-state index is 12.2. The maximum Gasteiger partial charge on any atom is 0.258 e. The number of aromatic nitrogens is 2. The summed E-state index contributed by atoms with van der Waals surface area (Å²) in [6.45, 7) is 3.80. The number of piperazine rings is 1. The summed E-state index contributed by atoms with van der Waals surface area (Å²) >= 11 is 3.37. The van der Waals surface area contributed by atoms with Gasteiger partial charge in [0.2, 0.25) is 5.95 Å². The number of nitrogens with zero attached hydrogens (tertiary/aromatic N) is 4. The van der Waals surface area contributed by atoms with Gasteiger partial charge in [0.25, 0.3) is 5.91 Å². The standard InChI is InChI=1S/C16H18BrN5O/c1-21-6-8-22(9-7-21)16-18-10-12(11-19-16)15(23)20-14-4-2-13(17)3-5-14/h2-5,10-11H,6-9H2,1H3,(H,20,23). The highest BCUT2D eigenvalue weighted by Gasteiger charge is 2.17. The van der Waals surface area contributed by atoms with Gasteiger partial charge < -0.3 is 15.1 Å². The summed E-state index contributed by atoms with van der Waals surface area (Å²) in [4.78, 5) is 25.3. The van der Waals surface area contributed by atoms with E-state index in [1.54, 1.807) is 12.4 Å². The quantitative estimate of drug-likeness (QED) is 0.891. The van der Waals surface area contributed by atoms with Gasteiger partial charge in [0.15, 0.2) is 0 Å². The van der Waals surface area contributed by atoms with E-state index in [2.05, 4.69) is 48.1 Å². The molecule has 1 aliphatic heterocycles. The Morgan fingerprint density at radius 1 is 1.09 bits per heavy atom. The molecule has 6 nitrogen and oxygen atoms in total. The molecule has 1 amide bonds. The van der Waals surface area contributed by atoms with Crippen molar-refractivity contribution in [3.8, 4) is 0 Å². The lowest BCUT2D eigenvalue weighted by Crippen LogP contribution is -2.45. The van der Waals surface area contributed by atoms with Gasteiger partial charge in [0.1, 0.15) is 0 Å². The molecule has 1 saturated heterocycles. The third kappa shape index (κ3) is 4.05. The molecule has 0 atom stereocenters. The van der Waals surface area contributed by atoms with E-state index in [0.29, 0.717) is 11.5 Å². The number of likely N-dealkylation sites (N-methyl/N-ethyl adjacent to an activating group) is 1. The number of rotatable bonds is 3. The van der Waals surface area contributed by atoms with Crippen molar-refractivity contribution >= 4 is 33.5 Å². The molecule has 0 saturated carbocycles. The third-order valence-electron chi connectivity index (χ3n) is 3.79. The van der Waals surface area contributed by atoms with E-state index in [4.69, 9.17) is 0 Å². The number of nitrogens with one attached hydrogen (secondary N) is 1. The van der Waals surface area contributed by atoms with Crippen molar-refractivity contribution in [2.24, 2.45) is 0 Å². The molecule has 120 valence electrons. The van der Waals surface area contributed by atoms with Crippen LogP contribution in [0.2, 0.25) is 0 Å². The molecule has 2 heterocycles. The number of halogens is 1. The molecule has 0 bridgehead atoms. The fourth-order valence-corrected chi connectivity index (χ4v) is 2.61. The minimum absolute atomic E-state index is 0.211. The highest BCUT2D eigenvalue weighted by atomic mass is 79.9. The number of hydrogen-bond donors (Lipinski definition) is 1. The minimum Gasteiger partial charge on any atom is -0.338 e. The molecule has 1 aromatic heterocycles. The van der Waals surface area contributed by atoms with Gasteiger partial charge in [-0.3, -0.25) is 4.79 Å². The van der Waals surface area contributed by atoms with Gasteiger partial charge in [-0.05, 0) is 31.3 Å². The van der Waals surface area contributed by atoms with Crippen LogP contribution in [0.4, 0.5) is 11.6 Å². The van der Waals surface area contributed by atoms with Crippen LogP contribution in [-0.2, 0) is 0 Å². The molecule has 1 fully saturated rings. The van der Waals surface area contributed by atoms with Crippen LogP contribution < -0.4 is 10.2 Å². The number of carbonyl (C=O) groups excluding carboxylic acids is 1. The van der Waals surface area contributed by atoms with Crippen molar-refractivity contribution in [1.82, 2.24) is 14.9 Å². The fraction of sp³-hybridized carbons (Fsp3) is 0.312. The zero-order valence-corrected chi connectivity index (χ0v) is 14.5. The van der Waals surface area contributed by atoms with Gasteiger partial charge in [0, 0.05) is 48.7 Å². The summed E-state index contributed by atoms with van der Waals surface area (Å²) in [6, 6.07) is 7.42. The van der Waals surface area contributed by atoms with E-state index in [0.717, 1.165) is 36.3 Å². The van der Waals surface area contributed by atoms with Crippen LogP contribution in [0, 0.1) is 0 Å².